The summed E-state index contributed by atoms with van der Waals surface area (Å²) in [5, 5.41) is 6.14. The van der Waals surface area contributed by atoms with Gasteiger partial charge in [-0.1, -0.05) is 54.6 Å². The van der Waals surface area contributed by atoms with Gasteiger partial charge in [-0.3, -0.25) is 0 Å². The highest BCUT2D eigenvalue weighted by Crippen LogP contribution is 2.35. The van der Waals surface area contributed by atoms with Crippen LogP contribution in [-0.2, 0) is 0 Å². The lowest BCUT2D eigenvalue weighted by Gasteiger charge is -2.28. The highest BCUT2D eigenvalue weighted by Gasteiger charge is 2.21. The molecule has 0 bridgehead atoms. The van der Waals surface area contributed by atoms with Gasteiger partial charge in [0.25, 0.3) is 0 Å². The van der Waals surface area contributed by atoms with Gasteiger partial charge in [-0.05, 0) is 28.5 Å². The molecule has 3 aromatic rings. The molecule has 1 N–H and O–H groups in total. The fourth-order valence-corrected chi connectivity index (χ4v) is 2.84. The summed E-state index contributed by atoms with van der Waals surface area (Å²) in [6.45, 7) is 0.658. The Hall–Kier alpha value is -2.48. The molecule has 2 nitrogen and oxygen atoms in total. The van der Waals surface area contributed by atoms with Crippen molar-refractivity contribution in [1.29, 1.82) is 0 Å². The van der Waals surface area contributed by atoms with Crippen molar-refractivity contribution in [3.05, 3.63) is 72.3 Å². The standard InChI is InChI=1S/C18H15NO/c1-2-8-14-13(6-1)7-5-9-15(14)17-12-20-18-11-4-3-10-16(18)19-17/h1-11,17,19H,12H2. The van der Waals surface area contributed by atoms with E-state index < -0.39 is 0 Å². The normalized spacial score (nSPS) is 17.1. The first-order chi connectivity index (χ1) is 9.92. The molecule has 2 heteroatoms. The first kappa shape index (κ1) is 11.4. The lowest BCUT2D eigenvalue weighted by Crippen LogP contribution is -2.24. The summed E-state index contributed by atoms with van der Waals surface area (Å²) in [5.74, 6) is 0.934. The Morgan fingerprint density at radius 2 is 1.65 bits per heavy atom. The van der Waals surface area contributed by atoms with E-state index in [1.54, 1.807) is 0 Å². The number of ether oxygens (including phenoxy) is 1. The van der Waals surface area contributed by atoms with Crippen LogP contribution in [0.5, 0.6) is 5.75 Å². The molecule has 1 heterocycles. The van der Waals surface area contributed by atoms with Gasteiger partial charge in [-0.2, -0.15) is 0 Å². The number of fused-ring (bicyclic) bond motifs is 2. The van der Waals surface area contributed by atoms with E-state index in [2.05, 4.69) is 53.8 Å². The van der Waals surface area contributed by atoms with Crippen LogP contribution in [0.15, 0.2) is 66.7 Å². The van der Waals surface area contributed by atoms with Crippen molar-refractivity contribution in [2.24, 2.45) is 0 Å². The maximum Gasteiger partial charge on any atom is 0.142 e. The fourth-order valence-electron chi connectivity index (χ4n) is 2.84. The minimum Gasteiger partial charge on any atom is -0.489 e. The van der Waals surface area contributed by atoms with Gasteiger partial charge in [0.1, 0.15) is 12.4 Å². The number of hydrogen-bond donors (Lipinski definition) is 1. The van der Waals surface area contributed by atoms with E-state index >= 15 is 0 Å². The lowest BCUT2D eigenvalue weighted by molar-refractivity contribution is 0.287. The SMILES string of the molecule is c1ccc2c(c1)NC(c1cccc3ccccc13)CO2. The zero-order valence-electron chi connectivity index (χ0n) is 11.0. The molecule has 0 aliphatic carbocycles. The number of benzene rings is 3. The van der Waals surface area contributed by atoms with Crippen LogP contribution in [-0.4, -0.2) is 6.61 Å². The molecule has 20 heavy (non-hydrogen) atoms. The molecule has 0 radical (unpaired) electrons. The van der Waals surface area contributed by atoms with E-state index in [9.17, 15) is 0 Å². The van der Waals surface area contributed by atoms with Crippen molar-refractivity contribution < 1.29 is 4.74 Å². The Labute approximate surface area is 118 Å². The van der Waals surface area contributed by atoms with Crippen LogP contribution in [0.1, 0.15) is 11.6 Å². The fraction of sp³-hybridized carbons (Fsp3) is 0.111. The van der Waals surface area contributed by atoms with Crippen molar-refractivity contribution in [2.75, 3.05) is 11.9 Å². The Morgan fingerprint density at radius 1 is 0.850 bits per heavy atom. The smallest absolute Gasteiger partial charge is 0.142 e. The third-order valence-electron chi connectivity index (χ3n) is 3.82. The molecule has 1 aliphatic rings. The predicted octanol–water partition coefficient (Wildman–Crippen LogP) is 4.39. The van der Waals surface area contributed by atoms with Gasteiger partial charge in [0.05, 0.1) is 11.7 Å². The summed E-state index contributed by atoms with van der Waals surface area (Å²) in [6.07, 6.45) is 0. The van der Waals surface area contributed by atoms with Gasteiger partial charge in [0.15, 0.2) is 0 Å². The van der Waals surface area contributed by atoms with Crippen LogP contribution < -0.4 is 10.1 Å². The van der Waals surface area contributed by atoms with Gasteiger partial charge < -0.3 is 10.1 Å². The molecule has 0 aromatic heterocycles. The molecule has 0 amide bonds. The maximum absolute atomic E-state index is 5.88. The van der Waals surface area contributed by atoms with Crippen molar-refractivity contribution in [3.8, 4) is 5.75 Å². The zero-order chi connectivity index (χ0) is 13.4. The van der Waals surface area contributed by atoms with E-state index in [1.807, 2.05) is 18.2 Å². The third-order valence-corrected chi connectivity index (χ3v) is 3.82. The number of rotatable bonds is 1. The average Bonchev–Trinajstić information content (AvgIpc) is 2.54. The molecule has 1 atom stereocenters. The van der Waals surface area contributed by atoms with Crippen molar-refractivity contribution in [2.45, 2.75) is 6.04 Å². The molecule has 4 rings (SSSR count). The Morgan fingerprint density at radius 3 is 2.65 bits per heavy atom. The van der Waals surface area contributed by atoms with Crippen LogP contribution >= 0.6 is 0 Å². The Kier molecular flexibility index (Phi) is 2.59. The molecule has 0 saturated heterocycles. The number of nitrogens with one attached hydrogen (secondary N) is 1. The van der Waals surface area contributed by atoms with E-state index in [1.165, 1.54) is 16.3 Å². The second-order valence-corrected chi connectivity index (χ2v) is 5.07. The number of hydrogen-bond acceptors (Lipinski definition) is 2. The Bertz CT molecular complexity index is 761. The monoisotopic (exact) mass is 261 g/mol. The quantitative estimate of drug-likeness (QED) is 0.701. The molecule has 0 saturated carbocycles. The molecule has 0 spiro atoms. The Balaban J connectivity index is 1.78. The second kappa shape index (κ2) is 4.57. The van der Waals surface area contributed by atoms with E-state index in [0.717, 1.165) is 11.4 Å². The summed E-state index contributed by atoms with van der Waals surface area (Å²) in [4.78, 5) is 0. The summed E-state index contributed by atoms with van der Waals surface area (Å²) in [5.41, 5.74) is 2.36. The predicted molar refractivity (Wildman–Crippen MR) is 82.2 cm³/mol. The summed E-state index contributed by atoms with van der Waals surface area (Å²) in [6, 6.07) is 23.2. The molecule has 3 aromatic carbocycles. The minimum absolute atomic E-state index is 0.191. The average molecular weight is 261 g/mol. The van der Waals surface area contributed by atoms with E-state index in [0.29, 0.717) is 6.61 Å². The van der Waals surface area contributed by atoms with Crippen molar-refractivity contribution >= 4 is 16.5 Å². The first-order valence-corrected chi connectivity index (χ1v) is 6.88. The van der Waals surface area contributed by atoms with Gasteiger partial charge in [-0.25, -0.2) is 0 Å². The minimum atomic E-state index is 0.191. The number of anilines is 1. The topological polar surface area (TPSA) is 21.3 Å². The summed E-state index contributed by atoms with van der Waals surface area (Å²) >= 11 is 0. The number of para-hydroxylation sites is 2. The van der Waals surface area contributed by atoms with E-state index in [4.69, 9.17) is 4.74 Å². The van der Waals surface area contributed by atoms with E-state index in [-0.39, 0.29) is 6.04 Å². The summed E-state index contributed by atoms with van der Waals surface area (Å²) in [7, 11) is 0. The largest absolute Gasteiger partial charge is 0.489 e. The second-order valence-electron chi connectivity index (χ2n) is 5.07. The van der Waals surface area contributed by atoms with Gasteiger partial charge in [0, 0.05) is 0 Å². The van der Waals surface area contributed by atoms with Gasteiger partial charge in [-0.15, -0.1) is 0 Å². The van der Waals surface area contributed by atoms with Crippen molar-refractivity contribution in [1.82, 2.24) is 0 Å². The van der Waals surface area contributed by atoms with Crippen LogP contribution in [0, 0.1) is 0 Å². The lowest BCUT2D eigenvalue weighted by atomic mass is 9.98. The van der Waals surface area contributed by atoms with Crippen LogP contribution in [0.2, 0.25) is 0 Å². The van der Waals surface area contributed by atoms with Crippen molar-refractivity contribution in [3.63, 3.8) is 0 Å². The molecule has 0 fully saturated rings. The molecule has 1 unspecified atom stereocenters. The third kappa shape index (κ3) is 1.81. The molecular formula is C18H15NO. The van der Waals surface area contributed by atoms with Gasteiger partial charge >= 0.3 is 0 Å². The van der Waals surface area contributed by atoms with Crippen LogP contribution in [0.3, 0.4) is 0 Å². The summed E-state index contributed by atoms with van der Waals surface area (Å²) < 4.78 is 5.88. The van der Waals surface area contributed by atoms with Gasteiger partial charge in [0.2, 0.25) is 0 Å². The molecular weight excluding hydrogens is 246 g/mol. The van der Waals surface area contributed by atoms with Crippen LogP contribution in [0.4, 0.5) is 5.69 Å². The highest BCUT2D eigenvalue weighted by molar-refractivity contribution is 5.86. The maximum atomic E-state index is 5.88. The zero-order valence-corrected chi connectivity index (χ0v) is 11.0. The molecule has 1 aliphatic heterocycles. The molecule has 98 valence electrons. The first-order valence-electron chi connectivity index (χ1n) is 6.88. The van der Waals surface area contributed by atoms with Crippen LogP contribution in [0.25, 0.3) is 10.8 Å². The highest BCUT2D eigenvalue weighted by atomic mass is 16.5.